The number of fused-ring (bicyclic) bond motifs is 1. The summed E-state index contributed by atoms with van der Waals surface area (Å²) in [6, 6.07) is 14.2. The molecule has 1 aliphatic heterocycles. The van der Waals surface area contributed by atoms with Crippen LogP contribution in [0.1, 0.15) is 87.2 Å². The Morgan fingerprint density at radius 3 is 2.09 bits per heavy atom. The van der Waals surface area contributed by atoms with Crippen molar-refractivity contribution in [2.75, 3.05) is 33.0 Å². The van der Waals surface area contributed by atoms with Gasteiger partial charge in [-0.05, 0) is 74.2 Å². The Morgan fingerprint density at radius 2 is 1.40 bits per heavy atom. The Kier molecular flexibility index (Phi) is 11.4. The minimum absolute atomic E-state index is 0.0914. The van der Waals surface area contributed by atoms with Crippen LogP contribution in [0, 0.1) is 0 Å². The van der Waals surface area contributed by atoms with Crippen LogP contribution in [-0.2, 0) is 13.0 Å². The molecule has 5 nitrogen and oxygen atoms in total. The molecule has 0 fully saturated rings. The van der Waals surface area contributed by atoms with Crippen LogP contribution in [0.2, 0.25) is 0 Å². The standard InChI is InChI=1S/C30H44N2O3/c1-4-7-10-11-25-12-15-27(16-13-25)30(33)32(21-20-31(18-8-5-2)19-9-6-3)23-26-14-17-28-29(22-26)35-24-34-28/h12-17,22H,4-11,18-21,23-24H2,1-3H3. The van der Waals surface area contributed by atoms with E-state index in [1.54, 1.807) is 0 Å². The van der Waals surface area contributed by atoms with Crippen molar-refractivity contribution >= 4 is 5.91 Å². The number of carbonyl (C=O) groups excluding carboxylic acids is 1. The lowest BCUT2D eigenvalue weighted by atomic mass is 10.0. The number of carbonyl (C=O) groups is 1. The summed E-state index contributed by atoms with van der Waals surface area (Å²) in [6.45, 7) is 11.3. The van der Waals surface area contributed by atoms with Gasteiger partial charge in [0.05, 0.1) is 0 Å². The molecule has 1 aliphatic rings. The summed E-state index contributed by atoms with van der Waals surface area (Å²) in [5.41, 5.74) is 3.13. The molecule has 0 aromatic heterocycles. The number of nitrogens with zero attached hydrogens (tertiary/aromatic N) is 2. The molecule has 0 saturated heterocycles. The van der Waals surface area contributed by atoms with Gasteiger partial charge in [0, 0.05) is 25.2 Å². The SMILES string of the molecule is CCCCCc1ccc(C(=O)N(CCN(CCCC)CCCC)Cc2ccc3c(c2)OCO3)cc1. The number of unbranched alkanes of at least 4 members (excludes halogenated alkanes) is 4. The number of hydrogen-bond donors (Lipinski definition) is 0. The van der Waals surface area contributed by atoms with Gasteiger partial charge in [-0.15, -0.1) is 0 Å². The molecule has 0 bridgehead atoms. The number of hydrogen-bond acceptors (Lipinski definition) is 4. The summed E-state index contributed by atoms with van der Waals surface area (Å²) in [6.07, 6.45) is 9.51. The monoisotopic (exact) mass is 480 g/mol. The van der Waals surface area contributed by atoms with Crippen LogP contribution in [0.5, 0.6) is 11.5 Å². The highest BCUT2D eigenvalue weighted by Crippen LogP contribution is 2.33. The predicted octanol–water partition coefficient (Wildman–Crippen LogP) is 6.69. The molecule has 0 saturated carbocycles. The minimum Gasteiger partial charge on any atom is -0.454 e. The van der Waals surface area contributed by atoms with Gasteiger partial charge < -0.3 is 19.3 Å². The molecule has 0 radical (unpaired) electrons. The second-order valence-corrected chi connectivity index (χ2v) is 9.62. The van der Waals surface area contributed by atoms with E-state index in [4.69, 9.17) is 9.47 Å². The number of rotatable bonds is 16. The molecule has 2 aromatic rings. The highest BCUT2D eigenvalue weighted by atomic mass is 16.7. The molecule has 1 heterocycles. The average molecular weight is 481 g/mol. The molecule has 35 heavy (non-hydrogen) atoms. The third-order valence-corrected chi connectivity index (χ3v) is 6.71. The van der Waals surface area contributed by atoms with Crippen molar-refractivity contribution in [2.24, 2.45) is 0 Å². The van der Waals surface area contributed by atoms with E-state index < -0.39 is 0 Å². The Bertz CT molecular complexity index is 889. The lowest BCUT2D eigenvalue weighted by molar-refractivity contribution is 0.0720. The molecule has 0 spiro atoms. The van der Waals surface area contributed by atoms with Crippen LogP contribution < -0.4 is 9.47 Å². The van der Waals surface area contributed by atoms with E-state index in [1.165, 1.54) is 50.5 Å². The number of ether oxygens (including phenoxy) is 2. The van der Waals surface area contributed by atoms with Crippen molar-refractivity contribution < 1.29 is 14.3 Å². The van der Waals surface area contributed by atoms with E-state index >= 15 is 0 Å². The van der Waals surface area contributed by atoms with Gasteiger partial charge in [-0.2, -0.15) is 0 Å². The van der Waals surface area contributed by atoms with Crippen LogP contribution in [0.3, 0.4) is 0 Å². The third-order valence-electron chi connectivity index (χ3n) is 6.71. The maximum absolute atomic E-state index is 13.6. The second-order valence-electron chi connectivity index (χ2n) is 9.62. The fourth-order valence-corrected chi connectivity index (χ4v) is 4.45. The third kappa shape index (κ3) is 8.57. The molecular weight excluding hydrogens is 436 g/mol. The zero-order valence-corrected chi connectivity index (χ0v) is 22.1. The van der Waals surface area contributed by atoms with E-state index in [2.05, 4.69) is 37.8 Å². The lowest BCUT2D eigenvalue weighted by Gasteiger charge is -2.28. The molecule has 1 amide bonds. The second kappa shape index (κ2) is 14.8. The highest BCUT2D eigenvalue weighted by molar-refractivity contribution is 5.94. The first-order valence-corrected chi connectivity index (χ1v) is 13.6. The van der Waals surface area contributed by atoms with E-state index in [0.717, 1.165) is 48.7 Å². The van der Waals surface area contributed by atoms with Crippen molar-refractivity contribution in [2.45, 2.75) is 78.7 Å². The molecule has 0 unspecified atom stereocenters. The first-order chi connectivity index (χ1) is 17.1. The van der Waals surface area contributed by atoms with Gasteiger partial charge in [-0.3, -0.25) is 4.79 Å². The number of amides is 1. The van der Waals surface area contributed by atoms with Gasteiger partial charge in [-0.1, -0.05) is 64.7 Å². The summed E-state index contributed by atoms with van der Waals surface area (Å²) in [5, 5.41) is 0. The van der Waals surface area contributed by atoms with Crippen LogP contribution in [0.15, 0.2) is 42.5 Å². The van der Waals surface area contributed by atoms with Crippen molar-refractivity contribution in [1.82, 2.24) is 9.80 Å². The number of benzene rings is 2. The molecule has 2 aromatic carbocycles. The van der Waals surface area contributed by atoms with Gasteiger partial charge in [0.2, 0.25) is 6.79 Å². The van der Waals surface area contributed by atoms with E-state index in [9.17, 15) is 4.79 Å². The van der Waals surface area contributed by atoms with E-state index in [-0.39, 0.29) is 12.7 Å². The van der Waals surface area contributed by atoms with Gasteiger partial charge in [0.1, 0.15) is 0 Å². The maximum Gasteiger partial charge on any atom is 0.254 e. The Hall–Kier alpha value is -2.53. The van der Waals surface area contributed by atoms with E-state index in [0.29, 0.717) is 13.1 Å². The first-order valence-electron chi connectivity index (χ1n) is 13.6. The Morgan fingerprint density at radius 1 is 0.743 bits per heavy atom. The van der Waals surface area contributed by atoms with Crippen LogP contribution in [-0.4, -0.2) is 48.7 Å². The smallest absolute Gasteiger partial charge is 0.254 e. The van der Waals surface area contributed by atoms with Crippen LogP contribution >= 0.6 is 0 Å². The van der Waals surface area contributed by atoms with Crippen LogP contribution in [0.4, 0.5) is 0 Å². The summed E-state index contributed by atoms with van der Waals surface area (Å²) < 4.78 is 11.0. The zero-order valence-electron chi connectivity index (χ0n) is 22.1. The summed E-state index contributed by atoms with van der Waals surface area (Å²) >= 11 is 0. The lowest BCUT2D eigenvalue weighted by Crippen LogP contribution is -2.39. The fourth-order valence-electron chi connectivity index (χ4n) is 4.45. The van der Waals surface area contributed by atoms with Crippen molar-refractivity contribution in [3.63, 3.8) is 0 Å². The average Bonchev–Trinajstić information content (AvgIpc) is 3.35. The molecule has 3 rings (SSSR count). The number of aryl methyl sites for hydroxylation is 1. The molecular formula is C30H44N2O3. The first kappa shape index (κ1) is 27.1. The van der Waals surface area contributed by atoms with Gasteiger partial charge in [-0.25, -0.2) is 0 Å². The summed E-state index contributed by atoms with van der Waals surface area (Å²) in [4.78, 5) is 18.2. The predicted molar refractivity (Wildman–Crippen MR) is 143 cm³/mol. The van der Waals surface area contributed by atoms with Gasteiger partial charge in [0.15, 0.2) is 11.5 Å². The normalized spacial score (nSPS) is 12.3. The van der Waals surface area contributed by atoms with Crippen LogP contribution in [0.25, 0.3) is 0 Å². The Labute approximate surface area is 212 Å². The summed E-state index contributed by atoms with van der Waals surface area (Å²) in [5.74, 6) is 1.63. The molecule has 0 atom stereocenters. The maximum atomic E-state index is 13.6. The van der Waals surface area contributed by atoms with Crippen molar-refractivity contribution in [3.8, 4) is 11.5 Å². The minimum atomic E-state index is 0.0914. The van der Waals surface area contributed by atoms with Crippen molar-refractivity contribution in [1.29, 1.82) is 0 Å². The Balaban J connectivity index is 1.72. The molecule has 0 aliphatic carbocycles. The van der Waals surface area contributed by atoms with Crippen molar-refractivity contribution in [3.05, 3.63) is 59.2 Å². The van der Waals surface area contributed by atoms with Gasteiger partial charge in [0.25, 0.3) is 5.91 Å². The largest absolute Gasteiger partial charge is 0.454 e. The van der Waals surface area contributed by atoms with Gasteiger partial charge >= 0.3 is 0 Å². The fraction of sp³-hybridized carbons (Fsp3) is 0.567. The molecule has 5 heteroatoms. The van der Waals surface area contributed by atoms with E-state index in [1.807, 2.05) is 35.2 Å². The summed E-state index contributed by atoms with van der Waals surface area (Å²) in [7, 11) is 0. The zero-order chi connectivity index (χ0) is 24.9. The quantitative estimate of drug-likeness (QED) is 0.251. The molecule has 0 N–H and O–H groups in total. The highest BCUT2D eigenvalue weighted by Gasteiger charge is 2.20. The molecule has 192 valence electrons. The topological polar surface area (TPSA) is 42.0 Å².